The van der Waals surface area contributed by atoms with E-state index in [0.717, 1.165) is 11.6 Å². The zero-order valence-electron chi connectivity index (χ0n) is 20.2. The van der Waals surface area contributed by atoms with Crippen LogP contribution in [-0.2, 0) is 12.6 Å². The maximum absolute atomic E-state index is 13.9. The molecular weight excluding hydrogens is 507 g/mol. The molecule has 0 radical (unpaired) electrons. The minimum Gasteiger partial charge on any atom is -0.493 e. The lowest BCUT2D eigenvalue weighted by molar-refractivity contribution is -0.138. The highest BCUT2D eigenvalue weighted by atomic mass is 19.4. The summed E-state index contributed by atoms with van der Waals surface area (Å²) in [5.74, 6) is 0.634. The van der Waals surface area contributed by atoms with Gasteiger partial charge in [-0.05, 0) is 55.2 Å². The van der Waals surface area contributed by atoms with Crippen molar-refractivity contribution in [1.29, 1.82) is 5.41 Å². The number of likely N-dealkylation sites (tertiary alicyclic amines) is 1. The molecule has 0 unspecified atom stereocenters. The molecule has 1 saturated heterocycles. The van der Waals surface area contributed by atoms with Crippen LogP contribution in [0.25, 0.3) is 11.4 Å². The second-order valence-corrected chi connectivity index (χ2v) is 8.97. The smallest absolute Gasteiger partial charge is 0.419 e. The van der Waals surface area contributed by atoms with Crippen LogP contribution in [0, 0.1) is 5.41 Å². The second-order valence-electron chi connectivity index (χ2n) is 8.97. The van der Waals surface area contributed by atoms with Crippen molar-refractivity contribution in [3.63, 3.8) is 0 Å². The molecule has 2 atom stereocenters. The van der Waals surface area contributed by atoms with Gasteiger partial charge in [-0.3, -0.25) is 5.41 Å². The van der Waals surface area contributed by atoms with Crippen LogP contribution in [0.2, 0.25) is 0 Å². The molecule has 2 aliphatic heterocycles. The van der Waals surface area contributed by atoms with Gasteiger partial charge < -0.3 is 34.5 Å². The Bertz CT molecular complexity index is 1310. The van der Waals surface area contributed by atoms with Gasteiger partial charge in [-0.15, -0.1) is 0 Å². The van der Waals surface area contributed by atoms with Crippen molar-refractivity contribution < 1.29 is 37.0 Å². The summed E-state index contributed by atoms with van der Waals surface area (Å²) in [6.45, 7) is 1.36. The Morgan fingerprint density at radius 2 is 1.95 bits per heavy atom. The van der Waals surface area contributed by atoms with Crippen molar-refractivity contribution in [3.05, 3.63) is 53.4 Å². The van der Waals surface area contributed by atoms with Crippen LogP contribution in [0.5, 0.6) is 17.2 Å². The van der Waals surface area contributed by atoms with Gasteiger partial charge in [0, 0.05) is 12.1 Å². The van der Waals surface area contributed by atoms with Crippen LogP contribution in [0.3, 0.4) is 0 Å². The molecule has 2 aliphatic rings. The summed E-state index contributed by atoms with van der Waals surface area (Å²) in [4.78, 5) is 5.57. The normalized spacial score (nSPS) is 19.0. The fourth-order valence-electron chi connectivity index (χ4n) is 4.53. The number of aliphatic hydroxyl groups is 1. The number of nitrogens with zero attached hydrogens (tertiary/aromatic N) is 3. The first kappa shape index (κ1) is 25.6. The highest BCUT2D eigenvalue weighted by Gasteiger charge is 2.39. The van der Waals surface area contributed by atoms with Gasteiger partial charge in [0.25, 0.3) is 5.89 Å². The average molecular weight is 534 g/mol. The van der Waals surface area contributed by atoms with Crippen molar-refractivity contribution in [2.75, 3.05) is 26.4 Å². The number of alkyl halides is 3. The number of hydrogen-bond donors (Lipinski definition) is 3. The van der Waals surface area contributed by atoms with Crippen LogP contribution in [-0.4, -0.2) is 58.6 Å². The molecule has 4 N–H and O–H groups in total. The number of hydrogen-bond acceptors (Lipinski definition) is 8. The lowest BCUT2D eigenvalue weighted by Gasteiger charge is -2.22. The fourth-order valence-corrected chi connectivity index (χ4v) is 4.53. The Hall–Kier alpha value is -4.00. The summed E-state index contributed by atoms with van der Waals surface area (Å²) in [5.41, 5.74) is 5.63. The number of fused-ring (bicyclic) bond motifs is 1. The first-order valence-electron chi connectivity index (χ1n) is 12.1. The zero-order chi connectivity index (χ0) is 26.9. The number of nitrogens with two attached hydrogens (primary N) is 1. The molecule has 3 heterocycles. The van der Waals surface area contributed by atoms with E-state index in [0.29, 0.717) is 50.5 Å². The number of halogens is 3. The van der Waals surface area contributed by atoms with Crippen molar-refractivity contribution in [1.82, 2.24) is 15.0 Å². The topological polar surface area (TPSA) is 140 Å². The third-order valence-electron chi connectivity index (χ3n) is 6.39. The predicted molar refractivity (Wildman–Crippen MR) is 128 cm³/mol. The van der Waals surface area contributed by atoms with E-state index >= 15 is 0 Å². The standard InChI is InChI=1S/C25H26F3N5O5/c26-25(27,28)16-13-15(22-31-23(38-32-22)21-17(34)7-8-33(21)24(29)30)4-6-18(16)35-9-1-2-14-3-5-19-20(12-14)37-11-10-36-19/h3-6,12-13,17,21,34H,1-2,7-11H2,(H3,29,30)/t17-,21-/m0/s1. The maximum atomic E-state index is 13.9. The first-order chi connectivity index (χ1) is 18.2. The summed E-state index contributed by atoms with van der Waals surface area (Å²) < 4.78 is 63.4. The third-order valence-corrected chi connectivity index (χ3v) is 6.39. The summed E-state index contributed by atoms with van der Waals surface area (Å²) in [7, 11) is 0. The number of aromatic nitrogens is 2. The van der Waals surface area contributed by atoms with E-state index in [1.807, 2.05) is 18.2 Å². The largest absolute Gasteiger partial charge is 0.493 e. The van der Waals surface area contributed by atoms with E-state index in [1.54, 1.807) is 0 Å². The minimum absolute atomic E-state index is 0.0341. The van der Waals surface area contributed by atoms with Crippen molar-refractivity contribution in [3.8, 4) is 28.6 Å². The van der Waals surface area contributed by atoms with Crippen LogP contribution in [0.1, 0.15) is 35.9 Å². The molecule has 0 aliphatic carbocycles. The predicted octanol–water partition coefficient (Wildman–Crippen LogP) is 3.54. The van der Waals surface area contributed by atoms with Gasteiger partial charge in [0.2, 0.25) is 5.82 Å². The van der Waals surface area contributed by atoms with E-state index in [2.05, 4.69) is 10.1 Å². The van der Waals surface area contributed by atoms with Crippen LogP contribution >= 0.6 is 0 Å². The first-order valence-corrected chi connectivity index (χ1v) is 12.1. The molecule has 38 heavy (non-hydrogen) atoms. The number of guanidine groups is 1. The molecule has 0 bridgehead atoms. The van der Waals surface area contributed by atoms with Crippen molar-refractivity contribution in [2.45, 2.75) is 37.6 Å². The van der Waals surface area contributed by atoms with E-state index in [-0.39, 0.29) is 35.6 Å². The summed E-state index contributed by atoms with van der Waals surface area (Å²) in [6, 6.07) is 8.27. The molecule has 1 aromatic heterocycles. The van der Waals surface area contributed by atoms with Gasteiger partial charge in [-0.25, -0.2) is 0 Å². The van der Waals surface area contributed by atoms with Crippen molar-refractivity contribution >= 4 is 5.96 Å². The number of nitrogens with one attached hydrogen (secondary N) is 1. The highest BCUT2D eigenvalue weighted by Crippen LogP contribution is 2.39. The summed E-state index contributed by atoms with van der Waals surface area (Å²) >= 11 is 0. The molecule has 5 rings (SSSR count). The highest BCUT2D eigenvalue weighted by molar-refractivity contribution is 5.75. The Morgan fingerprint density at radius 1 is 1.16 bits per heavy atom. The lowest BCUT2D eigenvalue weighted by atomic mass is 10.1. The van der Waals surface area contributed by atoms with Gasteiger partial charge in [0.05, 0.1) is 18.3 Å². The average Bonchev–Trinajstić information content (AvgIpc) is 3.52. The second kappa shape index (κ2) is 10.4. The van der Waals surface area contributed by atoms with Gasteiger partial charge in [-0.1, -0.05) is 11.2 Å². The molecule has 0 saturated carbocycles. The molecule has 10 nitrogen and oxygen atoms in total. The van der Waals surface area contributed by atoms with Crippen LogP contribution in [0.15, 0.2) is 40.9 Å². The monoisotopic (exact) mass is 533 g/mol. The maximum Gasteiger partial charge on any atom is 0.419 e. The van der Waals surface area contributed by atoms with Crippen LogP contribution < -0.4 is 19.9 Å². The molecule has 0 amide bonds. The number of rotatable bonds is 7. The number of aliphatic hydroxyl groups excluding tert-OH is 1. The number of benzene rings is 2. The summed E-state index contributed by atoms with van der Waals surface area (Å²) in [6.07, 6.45) is -4.17. The van der Waals surface area contributed by atoms with Gasteiger partial charge >= 0.3 is 6.18 Å². The molecule has 0 spiro atoms. The Balaban J connectivity index is 1.27. The zero-order valence-corrected chi connectivity index (χ0v) is 20.2. The van der Waals surface area contributed by atoms with E-state index in [1.165, 1.54) is 17.0 Å². The van der Waals surface area contributed by atoms with E-state index in [9.17, 15) is 18.3 Å². The van der Waals surface area contributed by atoms with Crippen molar-refractivity contribution in [2.24, 2.45) is 5.73 Å². The van der Waals surface area contributed by atoms with E-state index in [4.69, 9.17) is 29.9 Å². The molecule has 202 valence electrons. The molecule has 13 heteroatoms. The van der Waals surface area contributed by atoms with Gasteiger partial charge in [-0.2, -0.15) is 18.2 Å². The lowest BCUT2D eigenvalue weighted by Crippen LogP contribution is -2.37. The molecule has 3 aromatic rings. The van der Waals surface area contributed by atoms with E-state index < -0.39 is 23.9 Å². The Morgan fingerprint density at radius 3 is 2.71 bits per heavy atom. The fraction of sp³-hybridized carbons (Fsp3) is 0.400. The summed E-state index contributed by atoms with van der Waals surface area (Å²) in [5, 5.41) is 21.7. The van der Waals surface area contributed by atoms with Gasteiger partial charge in [0.1, 0.15) is 25.0 Å². The number of aryl methyl sites for hydroxylation is 1. The van der Waals surface area contributed by atoms with Crippen LogP contribution in [0.4, 0.5) is 13.2 Å². The molecule has 2 aromatic carbocycles. The van der Waals surface area contributed by atoms with Gasteiger partial charge in [0.15, 0.2) is 17.5 Å². The quantitative estimate of drug-likeness (QED) is 0.236. The Labute approximate surface area is 215 Å². The third kappa shape index (κ3) is 5.32. The molecular formula is C25H26F3N5O5. The molecule has 1 fully saturated rings. The minimum atomic E-state index is -4.68. The Kier molecular flexibility index (Phi) is 7.02. The SMILES string of the molecule is N=C(N)N1CC[C@H](O)[C@H]1c1nc(-c2ccc(OCCCc3ccc4c(c3)OCCO4)c(C(F)(F)F)c2)no1. The number of ether oxygens (including phenoxy) is 3.